The summed E-state index contributed by atoms with van der Waals surface area (Å²) in [5.74, 6) is 0.562. The zero-order valence-electron chi connectivity index (χ0n) is 9.87. The average molecular weight is 244 g/mol. The minimum Gasteiger partial charge on any atom is -0.434 e. The monoisotopic (exact) mass is 244 g/mol. The standard InChI is InChI=1S/C13H12N2O3/c1-2-10-5-3-6-11(9-10)18-13-12(15(16)17)7-4-8-14-13/h3-9H,2H2,1H3. The second kappa shape index (κ2) is 5.27. The summed E-state index contributed by atoms with van der Waals surface area (Å²) in [6, 6.07) is 10.3. The van der Waals surface area contributed by atoms with E-state index in [4.69, 9.17) is 4.74 Å². The number of hydrogen-bond acceptors (Lipinski definition) is 4. The van der Waals surface area contributed by atoms with Gasteiger partial charge in [0.15, 0.2) is 0 Å². The highest BCUT2D eigenvalue weighted by Gasteiger charge is 2.16. The first-order chi connectivity index (χ1) is 8.70. The first kappa shape index (κ1) is 12.0. The summed E-state index contributed by atoms with van der Waals surface area (Å²) in [7, 11) is 0. The molecule has 5 heteroatoms. The van der Waals surface area contributed by atoms with Crippen LogP contribution in [0.2, 0.25) is 0 Å². The van der Waals surface area contributed by atoms with E-state index in [2.05, 4.69) is 4.98 Å². The van der Waals surface area contributed by atoms with Crippen LogP contribution >= 0.6 is 0 Å². The second-order valence-corrected chi connectivity index (χ2v) is 3.69. The molecule has 0 amide bonds. The predicted molar refractivity (Wildman–Crippen MR) is 66.8 cm³/mol. The van der Waals surface area contributed by atoms with Crippen LogP contribution in [0, 0.1) is 10.1 Å². The normalized spacial score (nSPS) is 10.1. The molecule has 0 aliphatic rings. The number of benzene rings is 1. The van der Waals surface area contributed by atoms with Crippen LogP contribution in [0.15, 0.2) is 42.6 Å². The van der Waals surface area contributed by atoms with Gasteiger partial charge in [0, 0.05) is 12.3 Å². The van der Waals surface area contributed by atoms with Crippen molar-refractivity contribution in [2.45, 2.75) is 13.3 Å². The average Bonchev–Trinajstić information content (AvgIpc) is 2.39. The lowest BCUT2D eigenvalue weighted by Gasteiger charge is -2.06. The summed E-state index contributed by atoms with van der Waals surface area (Å²) in [6.45, 7) is 2.03. The summed E-state index contributed by atoms with van der Waals surface area (Å²) in [5, 5.41) is 10.8. The molecule has 2 rings (SSSR count). The van der Waals surface area contributed by atoms with Crippen LogP contribution in [0.25, 0.3) is 0 Å². The van der Waals surface area contributed by atoms with Crippen LogP contribution in [0.4, 0.5) is 5.69 Å². The molecule has 0 N–H and O–H groups in total. The summed E-state index contributed by atoms with van der Waals surface area (Å²) in [4.78, 5) is 14.2. The fraction of sp³-hybridized carbons (Fsp3) is 0.154. The largest absolute Gasteiger partial charge is 0.434 e. The highest BCUT2D eigenvalue weighted by Crippen LogP contribution is 2.28. The number of pyridine rings is 1. The molecule has 0 fully saturated rings. The molecule has 0 saturated heterocycles. The molecule has 2 aromatic rings. The topological polar surface area (TPSA) is 65.3 Å². The minimum atomic E-state index is -0.508. The Labute approximate surface area is 104 Å². The maximum atomic E-state index is 10.8. The van der Waals surface area contributed by atoms with E-state index < -0.39 is 4.92 Å². The van der Waals surface area contributed by atoms with Crippen molar-refractivity contribution in [3.05, 3.63) is 58.3 Å². The summed E-state index contributed by atoms with van der Waals surface area (Å²) in [6.07, 6.45) is 2.34. The third-order valence-electron chi connectivity index (χ3n) is 2.47. The number of nitrogens with zero attached hydrogens (tertiary/aromatic N) is 2. The van der Waals surface area contributed by atoms with Crippen molar-refractivity contribution in [1.29, 1.82) is 0 Å². The first-order valence-corrected chi connectivity index (χ1v) is 5.57. The van der Waals surface area contributed by atoms with Gasteiger partial charge in [0.05, 0.1) is 4.92 Å². The number of ether oxygens (including phenoxy) is 1. The quantitative estimate of drug-likeness (QED) is 0.611. The summed E-state index contributed by atoms with van der Waals surface area (Å²) in [5.41, 5.74) is 0.963. The Morgan fingerprint density at radius 1 is 1.33 bits per heavy atom. The molecular formula is C13H12N2O3. The number of nitro groups is 1. The first-order valence-electron chi connectivity index (χ1n) is 5.57. The van der Waals surface area contributed by atoms with Crippen molar-refractivity contribution in [2.75, 3.05) is 0 Å². The van der Waals surface area contributed by atoms with Crippen LogP contribution in [-0.4, -0.2) is 9.91 Å². The molecule has 0 unspecified atom stereocenters. The molecule has 0 aliphatic carbocycles. The summed E-state index contributed by atoms with van der Waals surface area (Å²) < 4.78 is 5.46. The molecule has 5 nitrogen and oxygen atoms in total. The van der Waals surface area contributed by atoms with Gasteiger partial charge < -0.3 is 4.74 Å². The smallest absolute Gasteiger partial charge is 0.331 e. The van der Waals surface area contributed by atoms with Gasteiger partial charge in [0.2, 0.25) is 0 Å². The molecule has 1 aromatic heterocycles. The highest BCUT2D eigenvalue weighted by atomic mass is 16.6. The molecule has 0 aliphatic heterocycles. The lowest BCUT2D eigenvalue weighted by atomic mass is 10.2. The van der Waals surface area contributed by atoms with Gasteiger partial charge in [-0.25, -0.2) is 4.98 Å². The Hall–Kier alpha value is -2.43. The minimum absolute atomic E-state index is 0.00996. The van der Waals surface area contributed by atoms with Gasteiger partial charge in [0.25, 0.3) is 5.88 Å². The molecule has 0 saturated carbocycles. The van der Waals surface area contributed by atoms with Gasteiger partial charge in [-0.2, -0.15) is 0 Å². The fourth-order valence-corrected chi connectivity index (χ4v) is 1.54. The van der Waals surface area contributed by atoms with Gasteiger partial charge in [-0.1, -0.05) is 19.1 Å². The van der Waals surface area contributed by atoms with Crippen LogP contribution in [0.1, 0.15) is 12.5 Å². The third kappa shape index (κ3) is 2.63. The van der Waals surface area contributed by atoms with Crippen molar-refractivity contribution in [3.63, 3.8) is 0 Å². The van der Waals surface area contributed by atoms with E-state index >= 15 is 0 Å². The number of aromatic nitrogens is 1. The fourth-order valence-electron chi connectivity index (χ4n) is 1.54. The van der Waals surface area contributed by atoms with Gasteiger partial charge in [-0.3, -0.25) is 10.1 Å². The van der Waals surface area contributed by atoms with Crippen molar-refractivity contribution in [1.82, 2.24) is 4.98 Å². The van der Waals surface area contributed by atoms with E-state index in [1.165, 1.54) is 18.3 Å². The Morgan fingerprint density at radius 3 is 2.89 bits per heavy atom. The predicted octanol–water partition coefficient (Wildman–Crippen LogP) is 3.34. The van der Waals surface area contributed by atoms with Gasteiger partial charge in [-0.15, -0.1) is 0 Å². The van der Waals surface area contributed by atoms with E-state index in [1.807, 2.05) is 25.1 Å². The van der Waals surface area contributed by atoms with Gasteiger partial charge in [-0.05, 0) is 30.2 Å². The lowest BCUT2D eigenvalue weighted by molar-refractivity contribution is -0.386. The third-order valence-corrected chi connectivity index (χ3v) is 2.47. The number of hydrogen-bond donors (Lipinski definition) is 0. The zero-order valence-corrected chi connectivity index (χ0v) is 9.87. The van der Waals surface area contributed by atoms with Gasteiger partial charge >= 0.3 is 5.69 Å². The van der Waals surface area contributed by atoms with Crippen LogP contribution in [0.3, 0.4) is 0 Å². The Balaban J connectivity index is 2.31. The van der Waals surface area contributed by atoms with E-state index in [0.717, 1.165) is 12.0 Å². The van der Waals surface area contributed by atoms with Crippen molar-refractivity contribution in [3.8, 4) is 11.6 Å². The highest BCUT2D eigenvalue weighted by molar-refractivity contribution is 5.43. The Bertz CT molecular complexity index is 570. The molecule has 1 heterocycles. The lowest BCUT2D eigenvalue weighted by Crippen LogP contribution is -1.95. The molecule has 0 radical (unpaired) electrons. The van der Waals surface area contributed by atoms with Gasteiger partial charge in [0.1, 0.15) is 5.75 Å². The van der Waals surface area contributed by atoms with Crippen molar-refractivity contribution < 1.29 is 9.66 Å². The SMILES string of the molecule is CCc1cccc(Oc2ncccc2[N+](=O)[O-])c1. The van der Waals surface area contributed by atoms with Crippen LogP contribution in [0.5, 0.6) is 11.6 Å². The molecular weight excluding hydrogens is 232 g/mol. The van der Waals surface area contributed by atoms with Crippen molar-refractivity contribution >= 4 is 5.69 Å². The van der Waals surface area contributed by atoms with E-state index in [9.17, 15) is 10.1 Å². The van der Waals surface area contributed by atoms with Crippen molar-refractivity contribution in [2.24, 2.45) is 0 Å². The summed E-state index contributed by atoms with van der Waals surface area (Å²) >= 11 is 0. The Kier molecular flexibility index (Phi) is 3.52. The maximum absolute atomic E-state index is 10.8. The number of aryl methyl sites for hydroxylation is 1. The molecule has 92 valence electrons. The van der Waals surface area contributed by atoms with E-state index in [-0.39, 0.29) is 11.6 Å². The second-order valence-electron chi connectivity index (χ2n) is 3.69. The van der Waals surface area contributed by atoms with E-state index in [1.54, 1.807) is 6.07 Å². The zero-order chi connectivity index (χ0) is 13.0. The molecule has 1 aromatic carbocycles. The molecule has 18 heavy (non-hydrogen) atoms. The van der Waals surface area contributed by atoms with Crippen LogP contribution < -0.4 is 4.74 Å². The molecule has 0 spiro atoms. The Morgan fingerprint density at radius 2 is 2.17 bits per heavy atom. The number of rotatable bonds is 4. The van der Waals surface area contributed by atoms with Crippen LogP contribution in [-0.2, 0) is 6.42 Å². The molecule has 0 bridgehead atoms. The molecule has 0 atom stereocenters. The van der Waals surface area contributed by atoms with E-state index in [0.29, 0.717) is 5.75 Å². The maximum Gasteiger partial charge on any atom is 0.331 e.